The molecule has 1 amide bonds. The molecular weight excluding hydrogens is 432 g/mol. The molecule has 2 rings (SSSR count). The van der Waals surface area contributed by atoms with Crippen LogP contribution in [0.5, 0.6) is 5.75 Å². The van der Waals surface area contributed by atoms with Crippen LogP contribution in [0.25, 0.3) is 0 Å². The van der Waals surface area contributed by atoms with Crippen LogP contribution in [-0.4, -0.2) is 12.5 Å². The van der Waals surface area contributed by atoms with Gasteiger partial charge in [-0.15, -0.1) is 0 Å². The zero-order valence-electron chi connectivity index (χ0n) is 20.6. The number of unbranched alkanes of at least 4 members (excludes halogenated alkanes) is 11. The summed E-state index contributed by atoms with van der Waals surface area (Å²) >= 11 is 6.47. The molecule has 2 aromatic rings. The summed E-state index contributed by atoms with van der Waals surface area (Å²) in [5.41, 5.74) is 1.48. The summed E-state index contributed by atoms with van der Waals surface area (Å²) in [6.07, 6.45) is 19.7. The van der Waals surface area contributed by atoms with Crippen molar-refractivity contribution >= 4 is 17.5 Å². The van der Waals surface area contributed by atoms with Gasteiger partial charge >= 0.3 is 0 Å². The lowest BCUT2D eigenvalue weighted by molar-refractivity contribution is -0.671. The van der Waals surface area contributed by atoms with E-state index >= 15 is 0 Å². The van der Waals surface area contributed by atoms with Crippen LogP contribution in [0.3, 0.4) is 0 Å². The van der Waals surface area contributed by atoms with Crippen molar-refractivity contribution in [1.82, 2.24) is 5.32 Å². The SMILES string of the molecule is CCCCCCCCCCCCCCOc1cccc(C(=O)NCc2ccc[n+](C)c2)c1Cl. The fraction of sp³-hybridized carbons (Fsp3) is 0.571. The number of carbonyl (C=O) groups excluding carboxylic acids is 1. The average Bonchev–Trinajstić information content (AvgIpc) is 2.81. The molecule has 0 saturated heterocycles. The minimum atomic E-state index is -0.192. The van der Waals surface area contributed by atoms with Crippen LogP contribution in [0.1, 0.15) is 99.9 Å². The first-order valence-corrected chi connectivity index (χ1v) is 13.1. The van der Waals surface area contributed by atoms with Crippen molar-refractivity contribution in [3.05, 3.63) is 58.9 Å². The summed E-state index contributed by atoms with van der Waals surface area (Å²) in [6.45, 7) is 3.35. The van der Waals surface area contributed by atoms with E-state index in [1.807, 2.05) is 48.3 Å². The monoisotopic (exact) mass is 473 g/mol. The summed E-state index contributed by atoms with van der Waals surface area (Å²) in [5, 5.41) is 3.32. The molecule has 0 atom stereocenters. The highest BCUT2D eigenvalue weighted by molar-refractivity contribution is 6.35. The predicted octanol–water partition coefficient (Wildman–Crippen LogP) is 7.17. The molecule has 4 nitrogen and oxygen atoms in total. The van der Waals surface area contributed by atoms with Crippen LogP contribution in [0.4, 0.5) is 0 Å². The Bertz CT molecular complexity index is 825. The Morgan fingerprint density at radius 1 is 0.909 bits per heavy atom. The van der Waals surface area contributed by atoms with Gasteiger partial charge in [0.05, 0.1) is 17.2 Å². The van der Waals surface area contributed by atoms with Gasteiger partial charge in [-0.05, 0) is 24.6 Å². The third kappa shape index (κ3) is 11.1. The molecule has 0 spiro atoms. The number of aryl methyl sites for hydroxylation is 1. The molecule has 1 aromatic heterocycles. The molecule has 0 bridgehead atoms. The van der Waals surface area contributed by atoms with Gasteiger partial charge in [0.25, 0.3) is 5.91 Å². The van der Waals surface area contributed by atoms with Crippen LogP contribution < -0.4 is 14.6 Å². The average molecular weight is 474 g/mol. The predicted molar refractivity (Wildman–Crippen MR) is 137 cm³/mol. The fourth-order valence-electron chi connectivity index (χ4n) is 3.95. The van der Waals surface area contributed by atoms with Crippen LogP contribution in [0.2, 0.25) is 5.02 Å². The zero-order valence-corrected chi connectivity index (χ0v) is 21.3. The number of hydrogen-bond donors (Lipinski definition) is 1. The standard InChI is InChI=1S/C28H41ClN2O2/c1-3-4-5-6-7-8-9-10-11-12-13-14-21-33-26-19-15-18-25(27(26)29)28(32)30-22-24-17-16-20-31(2)23-24/h15-20,23H,3-14,21-22H2,1-2H3/p+1. The van der Waals surface area contributed by atoms with E-state index in [0.29, 0.717) is 29.5 Å². The van der Waals surface area contributed by atoms with Gasteiger partial charge in [0, 0.05) is 18.2 Å². The first-order chi connectivity index (χ1) is 16.1. The van der Waals surface area contributed by atoms with Gasteiger partial charge in [0.1, 0.15) is 12.8 Å². The number of hydrogen-bond acceptors (Lipinski definition) is 2. The minimum Gasteiger partial charge on any atom is -0.492 e. The van der Waals surface area contributed by atoms with Crippen molar-refractivity contribution in [3.63, 3.8) is 0 Å². The number of nitrogens with zero attached hydrogens (tertiary/aromatic N) is 1. The Hall–Kier alpha value is -2.07. The van der Waals surface area contributed by atoms with E-state index in [2.05, 4.69) is 12.2 Å². The molecule has 0 radical (unpaired) electrons. The number of rotatable bonds is 17. The quantitative estimate of drug-likeness (QED) is 0.195. The van der Waals surface area contributed by atoms with Crippen molar-refractivity contribution in [1.29, 1.82) is 0 Å². The highest BCUT2D eigenvalue weighted by Crippen LogP contribution is 2.28. The summed E-state index contributed by atoms with van der Waals surface area (Å²) < 4.78 is 7.84. The second kappa shape index (κ2) is 16.5. The number of nitrogens with one attached hydrogen (secondary N) is 1. The number of amides is 1. The molecule has 0 saturated carbocycles. The Kier molecular flexibility index (Phi) is 13.6. The second-order valence-corrected chi connectivity index (χ2v) is 9.29. The maximum absolute atomic E-state index is 12.6. The van der Waals surface area contributed by atoms with Crippen molar-refractivity contribution in [2.45, 2.75) is 90.5 Å². The Morgan fingerprint density at radius 2 is 1.55 bits per heavy atom. The molecule has 0 aliphatic carbocycles. The summed E-state index contributed by atoms with van der Waals surface area (Å²) in [6, 6.07) is 9.33. The second-order valence-electron chi connectivity index (χ2n) is 8.92. The van der Waals surface area contributed by atoms with E-state index in [4.69, 9.17) is 16.3 Å². The summed E-state index contributed by atoms with van der Waals surface area (Å²) in [4.78, 5) is 12.6. The van der Waals surface area contributed by atoms with Gasteiger partial charge in [-0.3, -0.25) is 4.79 Å². The lowest BCUT2D eigenvalue weighted by atomic mass is 10.1. The number of ether oxygens (including phenoxy) is 1. The van der Waals surface area contributed by atoms with E-state index in [-0.39, 0.29) is 5.91 Å². The zero-order chi connectivity index (χ0) is 23.7. The topological polar surface area (TPSA) is 42.2 Å². The summed E-state index contributed by atoms with van der Waals surface area (Å²) in [7, 11) is 1.96. The van der Waals surface area contributed by atoms with E-state index in [1.165, 1.54) is 70.6 Å². The van der Waals surface area contributed by atoms with Crippen LogP contribution in [-0.2, 0) is 13.6 Å². The van der Waals surface area contributed by atoms with E-state index in [0.717, 1.165) is 12.0 Å². The van der Waals surface area contributed by atoms with Crippen LogP contribution >= 0.6 is 11.6 Å². The third-order valence-corrected chi connectivity index (χ3v) is 6.31. The minimum absolute atomic E-state index is 0.192. The van der Waals surface area contributed by atoms with Gasteiger partial charge in [-0.1, -0.05) is 95.2 Å². The Balaban J connectivity index is 1.60. The van der Waals surface area contributed by atoms with Crippen molar-refractivity contribution < 1.29 is 14.1 Å². The molecule has 1 N–H and O–H groups in total. The molecule has 0 aliphatic heterocycles. The first kappa shape index (κ1) is 27.2. The van der Waals surface area contributed by atoms with Crippen LogP contribution in [0, 0.1) is 0 Å². The van der Waals surface area contributed by atoms with Gasteiger partial charge in [-0.2, -0.15) is 0 Å². The van der Waals surface area contributed by atoms with Crippen molar-refractivity contribution in [2.24, 2.45) is 7.05 Å². The number of pyridine rings is 1. The lowest BCUT2D eigenvalue weighted by Gasteiger charge is -2.11. The number of benzene rings is 1. The molecular formula is C28H42ClN2O2+. The Labute approximate surface area is 205 Å². The van der Waals surface area contributed by atoms with Crippen molar-refractivity contribution in [3.8, 4) is 5.75 Å². The number of aromatic nitrogens is 1. The van der Waals surface area contributed by atoms with Crippen molar-refractivity contribution in [2.75, 3.05) is 6.61 Å². The molecule has 0 fully saturated rings. The number of carbonyl (C=O) groups is 1. The fourth-order valence-corrected chi connectivity index (χ4v) is 4.22. The smallest absolute Gasteiger partial charge is 0.253 e. The van der Waals surface area contributed by atoms with Gasteiger partial charge < -0.3 is 10.1 Å². The summed E-state index contributed by atoms with van der Waals surface area (Å²) in [5.74, 6) is 0.390. The van der Waals surface area contributed by atoms with Gasteiger partial charge in [0.2, 0.25) is 0 Å². The molecule has 182 valence electrons. The van der Waals surface area contributed by atoms with E-state index in [1.54, 1.807) is 6.07 Å². The van der Waals surface area contributed by atoms with E-state index in [9.17, 15) is 4.79 Å². The van der Waals surface area contributed by atoms with E-state index < -0.39 is 0 Å². The molecule has 0 unspecified atom stereocenters. The normalized spacial score (nSPS) is 10.9. The van der Waals surface area contributed by atoms with Crippen LogP contribution in [0.15, 0.2) is 42.7 Å². The number of halogens is 1. The highest BCUT2D eigenvalue weighted by Gasteiger charge is 2.14. The molecule has 0 aliphatic rings. The maximum Gasteiger partial charge on any atom is 0.253 e. The van der Waals surface area contributed by atoms with Gasteiger partial charge in [0.15, 0.2) is 12.4 Å². The van der Waals surface area contributed by atoms with Gasteiger partial charge in [-0.25, -0.2) is 4.57 Å². The lowest BCUT2D eigenvalue weighted by Crippen LogP contribution is -2.29. The Morgan fingerprint density at radius 3 is 2.18 bits per heavy atom. The molecule has 1 aromatic carbocycles. The maximum atomic E-state index is 12.6. The highest BCUT2D eigenvalue weighted by atomic mass is 35.5. The molecule has 1 heterocycles. The third-order valence-electron chi connectivity index (χ3n) is 5.92. The molecule has 33 heavy (non-hydrogen) atoms. The molecule has 5 heteroatoms. The first-order valence-electron chi connectivity index (χ1n) is 12.8. The largest absolute Gasteiger partial charge is 0.492 e.